The van der Waals surface area contributed by atoms with Crippen LogP contribution in [0.4, 0.5) is 5.69 Å². The molecular formula is C21H18Cl3N3O2. The van der Waals surface area contributed by atoms with Gasteiger partial charge < -0.3 is 9.84 Å². The molecule has 3 aromatic rings. The molecule has 1 N–H and O–H groups in total. The van der Waals surface area contributed by atoms with Gasteiger partial charge in [-0.15, -0.1) is 0 Å². The zero-order valence-corrected chi connectivity index (χ0v) is 17.6. The largest absolute Gasteiger partial charge is 0.334 e. The Bertz CT molecular complexity index is 1030. The van der Waals surface area contributed by atoms with Crippen LogP contribution in [0.1, 0.15) is 37.2 Å². The van der Waals surface area contributed by atoms with Gasteiger partial charge in [0.15, 0.2) is 4.84 Å². The van der Waals surface area contributed by atoms with E-state index >= 15 is 0 Å². The lowest BCUT2D eigenvalue weighted by Crippen LogP contribution is -2.18. The Morgan fingerprint density at radius 2 is 1.90 bits per heavy atom. The number of halogens is 3. The Morgan fingerprint density at radius 1 is 1.14 bits per heavy atom. The van der Waals surface area contributed by atoms with Crippen molar-refractivity contribution in [3.8, 4) is 22.8 Å². The third kappa shape index (κ3) is 4.42. The van der Waals surface area contributed by atoms with Gasteiger partial charge in [0.1, 0.15) is 0 Å². The van der Waals surface area contributed by atoms with Crippen LogP contribution in [0, 0.1) is 0 Å². The van der Waals surface area contributed by atoms with Crippen LogP contribution >= 0.6 is 34.8 Å². The quantitative estimate of drug-likeness (QED) is 0.453. The predicted molar refractivity (Wildman–Crippen MR) is 116 cm³/mol. The molecule has 1 heterocycles. The first-order valence-corrected chi connectivity index (χ1v) is 10.6. The Kier molecular flexibility index (Phi) is 6.09. The van der Waals surface area contributed by atoms with Gasteiger partial charge in [-0.3, -0.25) is 4.79 Å². The molecule has 0 unspecified atom stereocenters. The molecule has 29 heavy (non-hydrogen) atoms. The molecule has 2 aromatic carbocycles. The summed E-state index contributed by atoms with van der Waals surface area (Å²) >= 11 is 17.7. The van der Waals surface area contributed by atoms with Crippen molar-refractivity contribution in [1.29, 1.82) is 0 Å². The zero-order chi connectivity index (χ0) is 20.4. The molecule has 0 spiro atoms. The third-order valence-electron chi connectivity index (χ3n) is 5.07. The van der Waals surface area contributed by atoms with Crippen LogP contribution in [0.3, 0.4) is 0 Å². The smallest absolute Gasteiger partial charge is 0.258 e. The number of benzene rings is 2. The van der Waals surface area contributed by atoms with Gasteiger partial charge in [0, 0.05) is 16.8 Å². The van der Waals surface area contributed by atoms with Crippen molar-refractivity contribution in [3.05, 3.63) is 53.1 Å². The lowest BCUT2D eigenvalue weighted by molar-refractivity contribution is -0.114. The second-order valence-electron chi connectivity index (χ2n) is 6.98. The average Bonchev–Trinajstić information content (AvgIpc) is 3.40. The van der Waals surface area contributed by atoms with E-state index in [1.807, 2.05) is 18.2 Å². The minimum absolute atomic E-state index is 0.335. The van der Waals surface area contributed by atoms with E-state index in [0.717, 1.165) is 18.4 Å². The third-order valence-corrected chi connectivity index (χ3v) is 5.78. The first-order valence-electron chi connectivity index (χ1n) is 9.35. The first kappa shape index (κ1) is 20.2. The number of nitrogens with one attached hydrogen (secondary N) is 1. The van der Waals surface area contributed by atoms with Crippen molar-refractivity contribution in [2.45, 2.75) is 36.4 Å². The molecule has 1 aliphatic carbocycles. The fourth-order valence-electron chi connectivity index (χ4n) is 3.72. The number of alkyl halides is 2. The summed E-state index contributed by atoms with van der Waals surface area (Å²) in [6.07, 6.45) is 4.72. The standard InChI is InChI=1S/C21H18Cl3N3O2/c22-16-10-4-9-15(12-5-1-2-6-12)17(16)19-26-21(29-27-19)13-7-3-8-14(11-13)25-20(28)18(23)24/h3-4,7-12,18H,1-2,5-6H2,(H,25,28). The minimum Gasteiger partial charge on any atom is -0.334 e. The highest BCUT2D eigenvalue weighted by Crippen LogP contribution is 2.41. The molecule has 4 rings (SSSR count). The van der Waals surface area contributed by atoms with Crippen LogP contribution in [-0.2, 0) is 4.79 Å². The topological polar surface area (TPSA) is 68.0 Å². The van der Waals surface area contributed by atoms with Crippen molar-refractivity contribution in [2.24, 2.45) is 0 Å². The number of hydrogen-bond donors (Lipinski definition) is 1. The molecule has 1 aliphatic rings. The number of aromatic nitrogens is 2. The van der Waals surface area contributed by atoms with Crippen molar-refractivity contribution in [3.63, 3.8) is 0 Å². The normalized spacial score (nSPS) is 14.5. The molecule has 150 valence electrons. The molecule has 1 fully saturated rings. The molecule has 1 aromatic heterocycles. The molecule has 0 radical (unpaired) electrons. The molecule has 0 atom stereocenters. The van der Waals surface area contributed by atoms with Crippen LogP contribution in [0.25, 0.3) is 22.8 Å². The number of carbonyl (C=O) groups excluding carboxylic acids is 1. The van der Waals surface area contributed by atoms with E-state index in [0.29, 0.717) is 33.9 Å². The van der Waals surface area contributed by atoms with E-state index < -0.39 is 10.7 Å². The summed E-state index contributed by atoms with van der Waals surface area (Å²) in [5.41, 5.74) is 3.19. The summed E-state index contributed by atoms with van der Waals surface area (Å²) < 4.78 is 5.50. The van der Waals surface area contributed by atoms with Crippen LogP contribution in [-0.4, -0.2) is 20.9 Å². The number of amides is 1. The number of rotatable bonds is 5. The number of hydrogen-bond acceptors (Lipinski definition) is 4. The van der Waals surface area contributed by atoms with Gasteiger partial charge in [0.05, 0.1) is 5.02 Å². The summed E-state index contributed by atoms with van der Waals surface area (Å²) in [4.78, 5) is 15.1. The van der Waals surface area contributed by atoms with Crippen LogP contribution in [0.5, 0.6) is 0 Å². The van der Waals surface area contributed by atoms with Crippen LogP contribution < -0.4 is 5.32 Å². The minimum atomic E-state index is -1.15. The fraction of sp³-hybridized carbons (Fsp3) is 0.286. The maximum absolute atomic E-state index is 11.7. The van der Waals surface area contributed by atoms with Gasteiger partial charge in [-0.25, -0.2) is 0 Å². The monoisotopic (exact) mass is 449 g/mol. The van der Waals surface area contributed by atoms with Crippen molar-refractivity contribution < 1.29 is 9.32 Å². The molecule has 0 bridgehead atoms. The summed E-state index contributed by atoms with van der Waals surface area (Å²) in [7, 11) is 0. The molecule has 8 heteroatoms. The van der Waals surface area contributed by atoms with Gasteiger partial charge >= 0.3 is 0 Å². The second kappa shape index (κ2) is 8.74. The summed E-state index contributed by atoms with van der Waals surface area (Å²) in [5, 5.41) is 7.42. The highest BCUT2D eigenvalue weighted by molar-refractivity contribution is 6.54. The molecule has 1 saturated carbocycles. The highest BCUT2D eigenvalue weighted by Gasteiger charge is 2.24. The summed E-state index contributed by atoms with van der Waals surface area (Å²) in [6.45, 7) is 0. The summed E-state index contributed by atoms with van der Waals surface area (Å²) in [5.74, 6) is 0.752. The lowest BCUT2D eigenvalue weighted by atomic mass is 9.92. The maximum atomic E-state index is 11.7. The van der Waals surface area contributed by atoms with E-state index in [4.69, 9.17) is 39.3 Å². The van der Waals surface area contributed by atoms with Gasteiger partial charge in [-0.1, -0.05) is 71.0 Å². The SMILES string of the molecule is O=C(Nc1cccc(-c2nc(-c3c(Cl)cccc3C3CCCC3)no2)c1)C(Cl)Cl. The van der Waals surface area contributed by atoms with E-state index in [1.54, 1.807) is 18.2 Å². The van der Waals surface area contributed by atoms with Crippen molar-refractivity contribution >= 4 is 46.4 Å². The van der Waals surface area contributed by atoms with Gasteiger partial charge in [0.25, 0.3) is 11.8 Å². The molecule has 5 nitrogen and oxygen atoms in total. The second-order valence-corrected chi connectivity index (χ2v) is 8.48. The Balaban J connectivity index is 1.66. The summed E-state index contributed by atoms with van der Waals surface area (Å²) in [6, 6.07) is 12.9. The van der Waals surface area contributed by atoms with Crippen molar-refractivity contribution in [1.82, 2.24) is 10.1 Å². The van der Waals surface area contributed by atoms with Crippen molar-refractivity contribution in [2.75, 3.05) is 5.32 Å². The van der Waals surface area contributed by atoms with Gasteiger partial charge in [-0.05, 0) is 48.6 Å². The predicted octanol–water partition coefficient (Wildman–Crippen LogP) is 6.46. The van der Waals surface area contributed by atoms with E-state index in [2.05, 4.69) is 21.5 Å². The number of anilines is 1. The molecule has 0 saturated heterocycles. The average molecular weight is 451 g/mol. The fourth-order valence-corrected chi connectivity index (χ4v) is 4.10. The van der Waals surface area contributed by atoms with E-state index in [9.17, 15) is 4.79 Å². The Hall–Kier alpha value is -2.08. The Labute approximate surface area is 183 Å². The van der Waals surface area contributed by atoms with Gasteiger partial charge in [-0.2, -0.15) is 4.98 Å². The Morgan fingerprint density at radius 3 is 2.66 bits per heavy atom. The number of carbonyl (C=O) groups is 1. The zero-order valence-electron chi connectivity index (χ0n) is 15.4. The highest BCUT2D eigenvalue weighted by atomic mass is 35.5. The van der Waals surface area contributed by atoms with Crippen LogP contribution in [0.15, 0.2) is 47.0 Å². The lowest BCUT2D eigenvalue weighted by Gasteiger charge is -2.14. The molecular weight excluding hydrogens is 433 g/mol. The molecule has 0 aliphatic heterocycles. The number of nitrogens with zero attached hydrogens (tertiary/aromatic N) is 2. The van der Waals surface area contributed by atoms with Crippen LogP contribution in [0.2, 0.25) is 5.02 Å². The molecule has 1 amide bonds. The maximum Gasteiger partial charge on any atom is 0.258 e. The van der Waals surface area contributed by atoms with Gasteiger partial charge in [0.2, 0.25) is 5.82 Å². The van der Waals surface area contributed by atoms with E-state index in [1.165, 1.54) is 18.4 Å². The van der Waals surface area contributed by atoms with E-state index in [-0.39, 0.29) is 0 Å². The first-order chi connectivity index (χ1) is 14.0.